The van der Waals surface area contributed by atoms with Gasteiger partial charge in [-0.15, -0.1) is 0 Å². The number of benzene rings is 3. The van der Waals surface area contributed by atoms with Crippen molar-refractivity contribution in [2.75, 3.05) is 13.2 Å². The molecule has 1 heterocycles. The topological polar surface area (TPSA) is 53.4 Å². The molecule has 4 aromatic rings. The molecule has 0 radical (unpaired) electrons. The normalized spacial score (nSPS) is 12.4. The summed E-state index contributed by atoms with van der Waals surface area (Å²) in [5.74, 6) is 0.558. The van der Waals surface area contributed by atoms with Gasteiger partial charge in [0.1, 0.15) is 5.75 Å². The van der Waals surface area contributed by atoms with E-state index >= 15 is 0 Å². The van der Waals surface area contributed by atoms with Crippen LogP contribution in [0.5, 0.6) is 5.75 Å². The Morgan fingerprint density at radius 2 is 1.79 bits per heavy atom. The Kier molecular flexibility index (Phi) is 10.7. The summed E-state index contributed by atoms with van der Waals surface area (Å²) < 4.78 is 13.1. The molecule has 0 N–H and O–H groups in total. The summed E-state index contributed by atoms with van der Waals surface area (Å²) in [5, 5.41) is 5.68. The van der Waals surface area contributed by atoms with E-state index in [1.54, 1.807) is 13.0 Å². The molecule has 202 valence electrons. The number of esters is 1. The molecule has 1 atom stereocenters. The van der Waals surface area contributed by atoms with Crippen molar-refractivity contribution in [2.24, 2.45) is 0 Å². The van der Waals surface area contributed by atoms with Crippen LogP contribution in [0.3, 0.4) is 0 Å². The molecule has 7 heteroatoms. The lowest BCUT2D eigenvalue weighted by Gasteiger charge is -2.18. The third-order valence-corrected chi connectivity index (χ3v) is 8.33. The fourth-order valence-corrected chi connectivity index (χ4v) is 6.07. The average Bonchev–Trinajstić information content (AvgIpc) is 3.38. The highest BCUT2D eigenvalue weighted by Gasteiger charge is 2.15. The predicted molar refractivity (Wildman–Crippen MR) is 173 cm³/mol. The maximum Gasteiger partial charge on any atom is 0.330 e. The second-order valence-corrected chi connectivity index (χ2v) is 11.1. The highest BCUT2D eigenvalue weighted by molar-refractivity contribution is 14.2. The van der Waals surface area contributed by atoms with Crippen LogP contribution in [0, 0.1) is 0 Å². The lowest BCUT2D eigenvalue weighted by Crippen LogP contribution is -1.99. The Morgan fingerprint density at radius 1 is 1.00 bits per heavy atom. The van der Waals surface area contributed by atoms with E-state index < -0.39 is 0 Å². The molecule has 1 aromatic heterocycles. The van der Waals surface area contributed by atoms with Crippen LogP contribution in [0.1, 0.15) is 62.3 Å². The summed E-state index contributed by atoms with van der Waals surface area (Å²) >= 11 is 2.36. The van der Waals surface area contributed by atoms with Gasteiger partial charge < -0.3 is 9.47 Å². The molecule has 39 heavy (non-hydrogen) atoms. The van der Waals surface area contributed by atoms with Crippen LogP contribution in [0.25, 0.3) is 28.1 Å². The summed E-state index contributed by atoms with van der Waals surface area (Å²) in [4.78, 5) is 11.8. The number of halogens is 1. The fraction of sp³-hybridized carbons (Fsp3) is 0.250. The van der Waals surface area contributed by atoms with Crippen molar-refractivity contribution in [3.05, 3.63) is 101 Å². The van der Waals surface area contributed by atoms with Gasteiger partial charge in [0, 0.05) is 11.5 Å². The number of allylic oxidation sites excluding steroid dienone is 1. The molecular weight excluding hydrogens is 618 g/mol. The first-order valence-electron chi connectivity index (χ1n) is 13.3. The number of ether oxygens (including phenoxy) is 2. The van der Waals surface area contributed by atoms with Crippen LogP contribution < -0.4 is 4.74 Å². The van der Waals surface area contributed by atoms with Crippen molar-refractivity contribution in [3.63, 3.8) is 0 Å². The largest absolute Gasteiger partial charge is 0.494 e. The minimum Gasteiger partial charge on any atom is -0.494 e. The summed E-state index contributed by atoms with van der Waals surface area (Å²) in [7, 11) is 0. The zero-order chi connectivity index (χ0) is 27.6. The van der Waals surface area contributed by atoms with Gasteiger partial charge in [-0.2, -0.15) is 5.10 Å². The van der Waals surface area contributed by atoms with Crippen molar-refractivity contribution in [1.29, 1.82) is 0 Å². The Bertz CT molecular complexity index is 1470. The number of nitrogens with zero attached hydrogens (tertiary/aromatic N) is 2. The van der Waals surface area contributed by atoms with E-state index in [1.807, 2.05) is 28.8 Å². The highest BCUT2D eigenvalue weighted by atomic mass is 127. The summed E-state index contributed by atoms with van der Waals surface area (Å²) in [6, 6.07) is 23.3. The first-order valence-corrected chi connectivity index (χ1v) is 17.4. The zero-order valence-electron chi connectivity index (χ0n) is 22.6. The first-order chi connectivity index (χ1) is 19.1. The van der Waals surface area contributed by atoms with E-state index in [1.165, 1.54) is 17.2 Å². The van der Waals surface area contributed by atoms with Crippen molar-refractivity contribution in [1.82, 2.24) is 9.55 Å². The van der Waals surface area contributed by atoms with Gasteiger partial charge in [0.25, 0.3) is 0 Å². The molecule has 0 aliphatic rings. The number of aromatic nitrogens is 2. The predicted octanol–water partition coefficient (Wildman–Crippen LogP) is 8.95. The van der Waals surface area contributed by atoms with Gasteiger partial charge in [-0.05, 0) is 106 Å². The van der Waals surface area contributed by atoms with E-state index in [0.717, 1.165) is 64.8 Å². The third kappa shape index (κ3) is 7.37. The van der Waals surface area contributed by atoms with Crippen LogP contribution in [-0.2, 0) is 9.53 Å². The number of hydrogen-bond donors (Lipinski definition) is 0. The number of carbonyl (C=O) groups excluding carboxylic acids is 1. The lowest BCUT2D eigenvalue weighted by molar-refractivity contribution is -0.137. The molecule has 0 saturated carbocycles. The molecule has 0 amide bonds. The summed E-state index contributed by atoms with van der Waals surface area (Å²) in [6.07, 6.45) is 8.74. The number of hydrogen-bond acceptors (Lipinski definition) is 4. The molecule has 4 rings (SSSR count). The van der Waals surface area contributed by atoms with E-state index in [-0.39, 0.29) is 5.97 Å². The van der Waals surface area contributed by atoms with Gasteiger partial charge in [0.05, 0.1) is 31.3 Å². The smallest absolute Gasteiger partial charge is 0.330 e. The van der Waals surface area contributed by atoms with Crippen molar-refractivity contribution in [2.45, 2.75) is 40.0 Å². The van der Waals surface area contributed by atoms with E-state index in [9.17, 15) is 4.79 Å². The lowest BCUT2D eigenvalue weighted by atomic mass is 9.87. The molecule has 0 spiro atoms. The van der Waals surface area contributed by atoms with Gasteiger partial charge in [-0.1, -0.05) is 62.7 Å². The van der Waals surface area contributed by atoms with E-state index in [0.29, 0.717) is 13.0 Å². The molecule has 3 aromatic carbocycles. The highest BCUT2D eigenvalue weighted by Crippen LogP contribution is 2.37. The minimum atomic E-state index is -0.336. The van der Waals surface area contributed by atoms with Gasteiger partial charge in [0.15, 0.2) is 0 Å². The van der Waals surface area contributed by atoms with Crippen LogP contribution in [0.15, 0.2) is 79.0 Å². The maximum absolute atomic E-state index is 11.8. The van der Waals surface area contributed by atoms with Crippen molar-refractivity contribution >= 4 is 62.5 Å². The second-order valence-electron chi connectivity index (χ2n) is 9.06. The Labute approximate surface area is 245 Å². The maximum atomic E-state index is 11.8. The monoisotopic (exact) mass is 652 g/mol. The molecule has 0 aliphatic carbocycles. The van der Waals surface area contributed by atoms with Crippen LogP contribution in [-0.4, -0.2) is 28.7 Å². The average molecular weight is 653 g/mol. The Hall–Kier alpha value is -2.96. The summed E-state index contributed by atoms with van der Waals surface area (Å²) in [6.45, 7) is 7.25. The summed E-state index contributed by atoms with van der Waals surface area (Å²) in [5.41, 5.74) is 7.90. The van der Waals surface area contributed by atoms with Crippen molar-refractivity contribution < 1.29 is 14.3 Å². The second kappa shape index (κ2) is 14.4. The van der Waals surface area contributed by atoms with E-state index in [4.69, 9.17) is 9.47 Å². The number of carbonyl (C=O) groups is 1. The fourth-order valence-electron chi connectivity index (χ4n) is 4.52. The molecule has 5 nitrogen and oxygen atoms in total. The van der Waals surface area contributed by atoms with Gasteiger partial charge >= 0.3 is 5.97 Å². The molecule has 1 unspecified atom stereocenters. The third-order valence-electron chi connectivity index (χ3n) is 6.44. The molecular formula is C32H34IN2O3P. The van der Waals surface area contributed by atoms with Crippen molar-refractivity contribution in [3.8, 4) is 5.75 Å². The minimum absolute atomic E-state index is 0.336. The van der Waals surface area contributed by atoms with Crippen LogP contribution in [0.2, 0.25) is 0 Å². The Morgan fingerprint density at radius 3 is 2.51 bits per heavy atom. The van der Waals surface area contributed by atoms with Gasteiger partial charge in [-0.3, -0.25) is 0 Å². The standard InChI is InChI=1S/C32H34IN2O3P/c1-4-7-19-38-28-10-8-9-25(21-28)29(5-2)32(26-16-17-30-27(20-26)22-34-35(30)39-33)24-14-11-23(12-15-24)13-18-31(36)37-6-3/h8-18,20-22,39H,4-7,19H2,1-3H3/b18-13+,32-29+. The number of fused-ring (bicyclic) bond motifs is 1. The van der Waals surface area contributed by atoms with Crippen LogP contribution >= 0.6 is 28.4 Å². The van der Waals surface area contributed by atoms with Crippen LogP contribution in [0.4, 0.5) is 0 Å². The van der Waals surface area contributed by atoms with Gasteiger partial charge in [-0.25, -0.2) is 9.25 Å². The molecule has 0 aliphatic heterocycles. The number of unbranched alkanes of at least 4 members (excludes halogenated alkanes) is 1. The molecule has 0 saturated heterocycles. The molecule has 0 bridgehead atoms. The number of rotatable bonds is 12. The first kappa shape index (κ1) is 29.0. The van der Waals surface area contributed by atoms with E-state index in [2.05, 4.69) is 89.5 Å². The quantitative estimate of drug-likeness (QED) is 0.0383. The Balaban J connectivity index is 1.81. The molecule has 0 fully saturated rings. The zero-order valence-corrected chi connectivity index (χ0v) is 25.8. The SMILES string of the molecule is CCCCOc1cccc(/C(CC)=C(\c2ccc(/C=C/C(=O)OCC)cc2)c2ccc3c(cnn3PI)c2)c1. The van der Waals surface area contributed by atoms with Gasteiger partial charge in [0.2, 0.25) is 0 Å².